The lowest BCUT2D eigenvalue weighted by Gasteiger charge is -2.33. The maximum atomic E-state index is 13.8. The van der Waals surface area contributed by atoms with Crippen LogP contribution in [0.15, 0.2) is 40.2 Å². The van der Waals surface area contributed by atoms with Crippen LogP contribution in [0.5, 0.6) is 0 Å². The number of nitrogens with one attached hydrogen (secondary N) is 2. The maximum absolute atomic E-state index is 13.8. The minimum absolute atomic E-state index is 0.0568. The Labute approximate surface area is 199 Å². The van der Waals surface area contributed by atoms with Crippen molar-refractivity contribution in [2.45, 2.75) is 30.9 Å². The number of benzene rings is 1. The van der Waals surface area contributed by atoms with Crippen LogP contribution in [0.4, 0.5) is 37.8 Å². The van der Waals surface area contributed by atoms with Crippen LogP contribution in [0.25, 0.3) is 0 Å². The average molecular weight is 574 g/mol. The number of anilines is 2. The number of hydrogen-bond acceptors (Lipinski definition) is 4. The van der Waals surface area contributed by atoms with E-state index in [1.165, 1.54) is 11.3 Å². The van der Waals surface area contributed by atoms with Crippen molar-refractivity contribution in [1.29, 1.82) is 0 Å². The maximum Gasteiger partial charge on any atom is 0.416 e. The molecule has 0 unspecified atom stereocenters. The highest BCUT2D eigenvalue weighted by molar-refractivity contribution is 9.10. The van der Waals surface area contributed by atoms with E-state index in [0.717, 1.165) is 12.1 Å². The van der Waals surface area contributed by atoms with Crippen LogP contribution in [0, 0.1) is 0 Å². The van der Waals surface area contributed by atoms with Crippen molar-refractivity contribution in [2.24, 2.45) is 0 Å². The lowest BCUT2D eigenvalue weighted by molar-refractivity contribution is -0.173. The molecule has 33 heavy (non-hydrogen) atoms. The summed E-state index contributed by atoms with van der Waals surface area (Å²) in [6.45, 7) is 0. The first kappa shape index (κ1) is 23.9. The number of aromatic nitrogens is 2. The van der Waals surface area contributed by atoms with Gasteiger partial charge in [-0.1, -0.05) is 17.7 Å². The topological polar surface area (TPSA) is 59.0 Å². The number of nitrogens with zero attached hydrogens (tertiary/aromatic N) is 2. The third-order valence-corrected chi connectivity index (χ3v) is 7.01. The number of halogens is 8. The number of carbonyl (C=O) groups excluding carboxylic acids is 1. The Hall–Kier alpha value is -2.25. The zero-order valence-corrected chi connectivity index (χ0v) is 19.2. The average Bonchev–Trinajstić information content (AvgIpc) is 3.36. The molecule has 0 aliphatic carbocycles. The van der Waals surface area contributed by atoms with Crippen LogP contribution >= 0.6 is 38.9 Å². The molecular formula is C19H12BrClF6N4OS. The normalized spacial score (nSPS) is 18.5. The SMILES string of the molecule is O=C(Nc1cc(C(F)(F)F)ccc1Cl)c1nn2c(c1Br)N[C@H](c1cccs1)C[C@H]2C(F)(F)F. The molecule has 1 aliphatic rings. The predicted molar refractivity (Wildman–Crippen MR) is 115 cm³/mol. The van der Waals surface area contributed by atoms with Crippen molar-refractivity contribution in [3.8, 4) is 0 Å². The molecule has 176 valence electrons. The highest BCUT2D eigenvalue weighted by Gasteiger charge is 2.48. The molecule has 0 fully saturated rings. The lowest BCUT2D eigenvalue weighted by Crippen LogP contribution is -2.35. The van der Waals surface area contributed by atoms with E-state index in [2.05, 4.69) is 31.7 Å². The number of amides is 1. The third kappa shape index (κ3) is 4.71. The first-order valence-electron chi connectivity index (χ1n) is 9.19. The van der Waals surface area contributed by atoms with Crippen LogP contribution in [-0.4, -0.2) is 21.9 Å². The molecule has 2 N–H and O–H groups in total. The molecule has 0 spiro atoms. The fourth-order valence-corrected chi connectivity index (χ4v) is 4.90. The van der Waals surface area contributed by atoms with Crippen molar-refractivity contribution in [2.75, 3.05) is 10.6 Å². The Morgan fingerprint density at radius 3 is 2.58 bits per heavy atom. The predicted octanol–water partition coefficient (Wildman–Crippen LogP) is 7.29. The van der Waals surface area contributed by atoms with Crippen molar-refractivity contribution in [3.05, 3.63) is 61.3 Å². The van der Waals surface area contributed by atoms with Gasteiger partial charge in [0, 0.05) is 11.3 Å². The molecule has 5 nitrogen and oxygen atoms in total. The van der Waals surface area contributed by atoms with Crippen LogP contribution < -0.4 is 10.6 Å². The molecule has 1 aromatic carbocycles. The molecule has 0 bridgehead atoms. The number of thiophene rings is 1. The summed E-state index contributed by atoms with van der Waals surface area (Å²) < 4.78 is 81.0. The summed E-state index contributed by atoms with van der Waals surface area (Å²) in [5.41, 5.74) is -1.85. The van der Waals surface area contributed by atoms with E-state index in [0.29, 0.717) is 15.6 Å². The molecule has 14 heteroatoms. The fraction of sp³-hybridized carbons (Fsp3) is 0.263. The molecule has 2 atom stereocenters. The van der Waals surface area contributed by atoms with Crippen LogP contribution in [-0.2, 0) is 6.18 Å². The van der Waals surface area contributed by atoms with Crippen molar-refractivity contribution >= 4 is 56.3 Å². The highest BCUT2D eigenvalue weighted by atomic mass is 79.9. The summed E-state index contributed by atoms with van der Waals surface area (Å²) in [5, 5.41) is 10.5. The lowest BCUT2D eigenvalue weighted by atomic mass is 10.0. The monoisotopic (exact) mass is 572 g/mol. The van der Waals surface area contributed by atoms with Gasteiger partial charge in [-0.3, -0.25) is 4.79 Å². The van der Waals surface area contributed by atoms with Gasteiger partial charge in [-0.15, -0.1) is 11.3 Å². The summed E-state index contributed by atoms with van der Waals surface area (Å²) in [4.78, 5) is 13.4. The van der Waals surface area contributed by atoms with Crippen LogP contribution in [0.1, 0.15) is 39.4 Å². The van der Waals surface area contributed by atoms with Gasteiger partial charge in [0.25, 0.3) is 5.91 Å². The first-order chi connectivity index (χ1) is 15.4. The standard InChI is InChI=1S/C19H12BrClF6N4OS/c20-14-15(17(32)29-10-6-8(18(22,23)24)3-4-9(10)21)30-31-13(19(25,26)27)7-11(28-16(14)31)12-2-1-5-33-12/h1-6,11,13,28H,7H2,(H,29,32)/t11-,13-/m0/s1. The number of fused-ring (bicyclic) bond motifs is 1. The fourth-order valence-electron chi connectivity index (χ4n) is 3.39. The van der Waals surface area contributed by atoms with Crippen molar-refractivity contribution in [3.63, 3.8) is 0 Å². The van der Waals surface area contributed by atoms with E-state index in [9.17, 15) is 31.1 Å². The number of carbonyl (C=O) groups is 1. The van der Waals surface area contributed by atoms with E-state index in [4.69, 9.17) is 11.6 Å². The van der Waals surface area contributed by atoms with E-state index in [1.807, 2.05) is 0 Å². The smallest absolute Gasteiger partial charge is 0.362 e. The Bertz CT molecular complexity index is 1190. The third-order valence-electron chi connectivity index (χ3n) is 4.94. The van der Waals surface area contributed by atoms with Gasteiger partial charge in [-0.25, -0.2) is 4.68 Å². The number of hydrogen-bond donors (Lipinski definition) is 2. The number of alkyl halides is 6. The van der Waals surface area contributed by atoms with Crippen LogP contribution in [0.3, 0.4) is 0 Å². The molecule has 0 radical (unpaired) electrons. The van der Waals surface area contributed by atoms with Crippen molar-refractivity contribution in [1.82, 2.24) is 9.78 Å². The second-order valence-corrected chi connectivity index (χ2v) is 9.29. The second kappa shape index (κ2) is 8.51. The van der Waals surface area contributed by atoms with Gasteiger partial charge in [0.15, 0.2) is 11.7 Å². The molecule has 0 saturated heterocycles. The summed E-state index contributed by atoms with van der Waals surface area (Å²) in [6.07, 6.45) is -9.69. The molecule has 3 aromatic rings. The van der Waals surface area contributed by atoms with E-state index >= 15 is 0 Å². The van der Waals surface area contributed by atoms with Gasteiger partial charge in [0.1, 0.15) is 5.82 Å². The van der Waals surface area contributed by atoms with Gasteiger partial charge < -0.3 is 10.6 Å². The molecule has 3 heterocycles. The summed E-state index contributed by atoms with van der Waals surface area (Å²) in [7, 11) is 0. The Kier molecular flexibility index (Phi) is 6.16. The molecular weight excluding hydrogens is 562 g/mol. The van der Waals surface area contributed by atoms with E-state index in [-0.39, 0.29) is 27.4 Å². The zero-order chi connectivity index (χ0) is 24.1. The van der Waals surface area contributed by atoms with Crippen molar-refractivity contribution < 1.29 is 31.1 Å². The summed E-state index contributed by atoms with van der Waals surface area (Å²) >= 11 is 10.3. The van der Waals surface area contributed by atoms with E-state index in [1.54, 1.807) is 17.5 Å². The molecule has 2 aromatic heterocycles. The molecule has 0 saturated carbocycles. The Morgan fingerprint density at radius 1 is 1.24 bits per heavy atom. The minimum atomic E-state index is -4.68. The molecule has 1 aliphatic heterocycles. The zero-order valence-electron chi connectivity index (χ0n) is 16.1. The second-order valence-electron chi connectivity index (χ2n) is 7.11. The van der Waals surface area contributed by atoms with Gasteiger partial charge >= 0.3 is 12.4 Å². The van der Waals surface area contributed by atoms with Gasteiger partial charge in [-0.2, -0.15) is 31.4 Å². The summed E-state index contributed by atoms with van der Waals surface area (Å²) in [5.74, 6) is -1.09. The quantitative estimate of drug-likeness (QED) is 0.324. The minimum Gasteiger partial charge on any atom is -0.362 e. The largest absolute Gasteiger partial charge is 0.416 e. The Balaban J connectivity index is 1.69. The van der Waals surface area contributed by atoms with Gasteiger partial charge in [0.05, 0.1) is 26.8 Å². The Morgan fingerprint density at radius 2 is 1.97 bits per heavy atom. The highest BCUT2D eigenvalue weighted by Crippen LogP contribution is 2.47. The summed E-state index contributed by atoms with van der Waals surface area (Å²) in [6, 6.07) is 3.04. The molecule has 4 rings (SSSR count). The first-order valence-corrected chi connectivity index (χ1v) is 11.2. The van der Waals surface area contributed by atoms with Gasteiger partial charge in [0.2, 0.25) is 0 Å². The van der Waals surface area contributed by atoms with Gasteiger partial charge in [-0.05, 0) is 45.6 Å². The number of rotatable bonds is 3. The van der Waals surface area contributed by atoms with Crippen LogP contribution in [0.2, 0.25) is 5.02 Å². The van der Waals surface area contributed by atoms with E-state index < -0.39 is 41.6 Å². The molecule has 1 amide bonds.